The summed E-state index contributed by atoms with van der Waals surface area (Å²) < 4.78 is 47.7. The van der Waals surface area contributed by atoms with E-state index in [1.165, 1.54) is 28.5 Å². The minimum atomic E-state index is -1.35. The third kappa shape index (κ3) is 12.5. The van der Waals surface area contributed by atoms with Gasteiger partial charge in [-0.2, -0.15) is 0 Å². The first kappa shape index (κ1) is 49.3. The third-order valence-corrected chi connectivity index (χ3v) is 11.4. The van der Waals surface area contributed by atoms with Gasteiger partial charge < -0.3 is 43.7 Å². The summed E-state index contributed by atoms with van der Waals surface area (Å²) in [6.45, 7) is 4.27. The van der Waals surface area contributed by atoms with Gasteiger partial charge in [0.2, 0.25) is 11.8 Å². The number of rotatable bonds is 25. The molecule has 19 nitrogen and oxygen atoms in total. The number of thiazole rings is 1. The van der Waals surface area contributed by atoms with Crippen LogP contribution in [0, 0.1) is 17.7 Å². The van der Waals surface area contributed by atoms with Crippen molar-refractivity contribution in [1.82, 2.24) is 20.1 Å². The standard InChI is InChI=1S/C47H49FN6O13S/c48-32-9-11-37(55)34(28-32)41(43(58)52-47-50-14-27-68-47)53-29-31-5-1-4-30(39(31)45(53)60)6-3-15-62-17-19-64-21-23-66-25-26-67-24-22-65-20-18-63-16-13-49-35-8-2-7-33-40(35)46(61)54(44(33)59)36-10-12-38(56)51-42(36)57/h1-2,4-5,7-9,11,14,27-28,36,41,49,55H,10,12-13,15-26,29H2,(H,50,52,58)(H,51,56,57). The van der Waals surface area contributed by atoms with Crippen LogP contribution in [0.2, 0.25) is 0 Å². The van der Waals surface area contributed by atoms with Crippen LogP contribution in [0.5, 0.6) is 5.75 Å². The number of fused-ring (bicyclic) bond motifs is 2. The second-order valence-corrected chi connectivity index (χ2v) is 16.1. The monoisotopic (exact) mass is 956 g/mol. The lowest BCUT2D eigenvalue weighted by Crippen LogP contribution is -2.54. The Kier molecular flexibility index (Phi) is 17.7. The summed E-state index contributed by atoms with van der Waals surface area (Å²) in [7, 11) is 0. The maximum atomic E-state index is 14.3. The fraction of sp³-hybridized carbons (Fsp3) is 0.383. The number of nitrogens with one attached hydrogen (secondary N) is 3. The number of piperidine rings is 1. The van der Waals surface area contributed by atoms with Gasteiger partial charge in [-0.1, -0.05) is 30.0 Å². The number of phenolic OH excluding ortho intramolecular Hbond substituents is 1. The summed E-state index contributed by atoms with van der Waals surface area (Å²) >= 11 is 1.18. The van der Waals surface area contributed by atoms with Crippen LogP contribution in [0.4, 0.5) is 15.2 Å². The van der Waals surface area contributed by atoms with Crippen molar-refractivity contribution < 1.29 is 66.7 Å². The molecule has 0 aliphatic carbocycles. The highest BCUT2D eigenvalue weighted by Gasteiger charge is 2.46. The molecule has 2 unspecified atom stereocenters. The second-order valence-electron chi connectivity index (χ2n) is 15.2. The molecular formula is C47H49FN6O13S. The Bertz CT molecular complexity index is 2530. The predicted molar refractivity (Wildman–Crippen MR) is 241 cm³/mol. The molecule has 2 atom stereocenters. The molecule has 4 heterocycles. The molecule has 1 saturated heterocycles. The van der Waals surface area contributed by atoms with Crippen molar-refractivity contribution in [2.45, 2.75) is 31.5 Å². The quantitative estimate of drug-likeness (QED) is 0.0424. The lowest BCUT2D eigenvalue weighted by molar-refractivity contribution is -0.136. The molecule has 4 aromatic rings. The molecule has 68 heavy (non-hydrogen) atoms. The van der Waals surface area contributed by atoms with E-state index in [1.807, 2.05) is 0 Å². The lowest BCUT2D eigenvalue weighted by atomic mass is 10.0. The molecule has 0 saturated carbocycles. The van der Waals surface area contributed by atoms with Crippen molar-refractivity contribution in [2.75, 3.05) is 96.5 Å². The van der Waals surface area contributed by atoms with Crippen molar-refractivity contribution >= 4 is 57.6 Å². The SMILES string of the molecule is O=C1CCC(N2C(=O)c3cccc(NCCOCCOCCOCCOCCOCCOCC#Cc4cccc5c4C(=O)N(C(C(=O)Nc4nccs4)c4cc(F)ccc4O)C5)c3C2=O)C(=O)N1. The first-order valence-electron chi connectivity index (χ1n) is 21.8. The minimum Gasteiger partial charge on any atom is -0.508 e. The number of halogens is 1. The molecule has 0 radical (unpaired) electrons. The molecule has 0 spiro atoms. The molecule has 6 amide bonds. The zero-order valence-electron chi connectivity index (χ0n) is 36.8. The first-order valence-corrected chi connectivity index (χ1v) is 22.7. The molecule has 358 valence electrons. The van der Waals surface area contributed by atoms with E-state index in [-0.39, 0.29) is 55.0 Å². The van der Waals surface area contributed by atoms with Gasteiger partial charge in [-0.25, -0.2) is 9.37 Å². The summed E-state index contributed by atoms with van der Waals surface area (Å²) in [6.07, 6.45) is 1.64. The number of phenols is 1. The fourth-order valence-electron chi connectivity index (χ4n) is 7.62. The zero-order valence-corrected chi connectivity index (χ0v) is 37.6. The largest absolute Gasteiger partial charge is 0.508 e. The van der Waals surface area contributed by atoms with Crippen LogP contribution in [0.25, 0.3) is 0 Å². The smallest absolute Gasteiger partial charge is 0.264 e. The van der Waals surface area contributed by atoms with Crippen molar-refractivity contribution in [3.8, 4) is 17.6 Å². The first-order chi connectivity index (χ1) is 33.1. The van der Waals surface area contributed by atoms with Crippen molar-refractivity contribution in [1.29, 1.82) is 0 Å². The Balaban J connectivity index is 0.695. The summed E-state index contributed by atoms with van der Waals surface area (Å²) in [5.41, 5.74) is 2.17. The number of carbonyl (C=O) groups excluding carboxylic acids is 6. The third-order valence-electron chi connectivity index (χ3n) is 10.8. The second kappa shape index (κ2) is 24.4. The summed E-state index contributed by atoms with van der Waals surface area (Å²) in [6, 6.07) is 10.9. The van der Waals surface area contributed by atoms with E-state index in [4.69, 9.17) is 28.4 Å². The normalized spacial score (nSPS) is 15.8. The van der Waals surface area contributed by atoms with E-state index in [0.717, 1.165) is 23.1 Å². The van der Waals surface area contributed by atoms with Crippen molar-refractivity contribution in [3.63, 3.8) is 0 Å². The number of hydrogen-bond donors (Lipinski definition) is 4. The molecule has 1 aromatic heterocycles. The fourth-order valence-corrected chi connectivity index (χ4v) is 8.16. The molecule has 21 heteroatoms. The highest BCUT2D eigenvalue weighted by molar-refractivity contribution is 7.13. The van der Waals surface area contributed by atoms with E-state index >= 15 is 0 Å². The Labute approximate surface area is 394 Å². The van der Waals surface area contributed by atoms with Gasteiger partial charge in [-0.15, -0.1) is 11.3 Å². The van der Waals surface area contributed by atoms with Gasteiger partial charge in [0.05, 0.1) is 89.4 Å². The Hall–Kier alpha value is -6.64. The molecule has 4 N–H and O–H groups in total. The van der Waals surface area contributed by atoms with Crippen LogP contribution in [0.15, 0.2) is 66.2 Å². The van der Waals surface area contributed by atoms with Crippen molar-refractivity contribution in [3.05, 3.63) is 105 Å². The van der Waals surface area contributed by atoms with E-state index in [2.05, 4.69) is 32.8 Å². The number of nitrogens with zero attached hydrogens (tertiary/aromatic N) is 3. The Morgan fingerprint density at radius 2 is 1.51 bits per heavy atom. The van der Waals surface area contributed by atoms with Crippen molar-refractivity contribution in [2.24, 2.45) is 0 Å². The molecule has 3 aliphatic rings. The van der Waals surface area contributed by atoms with Crippen LogP contribution < -0.4 is 16.0 Å². The van der Waals surface area contributed by atoms with Gasteiger partial charge in [0, 0.05) is 47.9 Å². The number of amides is 6. The molecule has 0 bridgehead atoms. The lowest BCUT2D eigenvalue weighted by Gasteiger charge is -2.27. The summed E-state index contributed by atoms with van der Waals surface area (Å²) in [5, 5.41) is 20.6. The Morgan fingerprint density at radius 3 is 2.19 bits per heavy atom. The van der Waals surface area contributed by atoms with E-state index < -0.39 is 53.3 Å². The zero-order chi connectivity index (χ0) is 47.8. The van der Waals surface area contributed by atoms with E-state index in [0.29, 0.717) is 100 Å². The van der Waals surface area contributed by atoms with Gasteiger partial charge in [-0.3, -0.25) is 44.3 Å². The number of aromatic hydroxyl groups is 1. The maximum Gasteiger partial charge on any atom is 0.264 e. The van der Waals surface area contributed by atoms with Crippen LogP contribution in [-0.4, -0.2) is 147 Å². The number of benzene rings is 3. The summed E-state index contributed by atoms with van der Waals surface area (Å²) in [4.78, 5) is 83.8. The van der Waals surface area contributed by atoms with E-state index in [1.54, 1.807) is 35.7 Å². The molecule has 3 aromatic carbocycles. The average molecular weight is 957 g/mol. The van der Waals surface area contributed by atoms with Gasteiger partial charge in [-0.05, 0) is 48.4 Å². The van der Waals surface area contributed by atoms with Crippen LogP contribution in [-0.2, 0) is 49.3 Å². The minimum absolute atomic E-state index is 0.0336. The topological polar surface area (TPSA) is 233 Å². The van der Waals surface area contributed by atoms with Gasteiger partial charge >= 0.3 is 0 Å². The number of aromatic nitrogens is 1. The average Bonchev–Trinajstić information content (AvgIpc) is 4.03. The number of anilines is 2. The molecular weight excluding hydrogens is 908 g/mol. The van der Waals surface area contributed by atoms with E-state index in [9.17, 15) is 38.3 Å². The predicted octanol–water partition coefficient (Wildman–Crippen LogP) is 3.29. The number of ether oxygens (including phenoxy) is 6. The van der Waals surface area contributed by atoms with Crippen LogP contribution in [0.3, 0.4) is 0 Å². The maximum absolute atomic E-state index is 14.3. The molecule has 1 fully saturated rings. The molecule has 7 rings (SSSR count). The number of hydrogen-bond acceptors (Lipinski definition) is 16. The Morgan fingerprint density at radius 1 is 0.838 bits per heavy atom. The highest BCUT2D eigenvalue weighted by Crippen LogP contribution is 2.38. The van der Waals surface area contributed by atoms with Crippen LogP contribution in [0.1, 0.15) is 66.6 Å². The summed E-state index contributed by atoms with van der Waals surface area (Å²) in [5.74, 6) is 1.50. The number of imide groups is 2. The molecule has 3 aliphatic heterocycles. The van der Waals surface area contributed by atoms with Gasteiger partial charge in [0.25, 0.3) is 23.6 Å². The highest BCUT2D eigenvalue weighted by atomic mass is 32.1. The number of carbonyl (C=O) groups is 6. The van der Waals surface area contributed by atoms with Gasteiger partial charge in [0.1, 0.15) is 30.3 Å². The van der Waals surface area contributed by atoms with Crippen LogP contribution >= 0.6 is 11.3 Å². The van der Waals surface area contributed by atoms with Gasteiger partial charge in [0.15, 0.2) is 5.13 Å².